The SMILES string of the molecule is CCOc1ccc(C(=O)[C@@H](C)n2nc(-c3ccncc3)oc2=S)cc1. The van der Waals surface area contributed by atoms with Gasteiger partial charge in [-0.15, -0.1) is 5.10 Å². The molecule has 1 atom stereocenters. The second-order valence-corrected chi connectivity index (χ2v) is 5.70. The van der Waals surface area contributed by atoms with Crippen molar-refractivity contribution in [2.45, 2.75) is 19.9 Å². The van der Waals surface area contributed by atoms with E-state index < -0.39 is 6.04 Å². The summed E-state index contributed by atoms with van der Waals surface area (Å²) in [5.41, 5.74) is 1.31. The third-order valence-corrected chi connectivity index (χ3v) is 3.96. The van der Waals surface area contributed by atoms with Crippen LogP contribution < -0.4 is 4.74 Å². The summed E-state index contributed by atoms with van der Waals surface area (Å²) in [4.78, 5) is 16.8. The molecule has 0 aliphatic heterocycles. The minimum atomic E-state index is -0.579. The first-order chi connectivity index (χ1) is 12.1. The Morgan fingerprint density at radius 2 is 1.92 bits per heavy atom. The highest BCUT2D eigenvalue weighted by atomic mass is 32.1. The van der Waals surface area contributed by atoms with E-state index >= 15 is 0 Å². The molecule has 0 radical (unpaired) electrons. The molecule has 0 unspecified atom stereocenters. The van der Waals surface area contributed by atoms with Crippen LogP contribution >= 0.6 is 12.2 Å². The Morgan fingerprint density at radius 1 is 1.24 bits per heavy atom. The number of carbonyl (C=O) groups is 1. The monoisotopic (exact) mass is 355 g/mol. The molecule has 25 heavy (non-hydrogen) atoms. The number of carbonyl (C=O) groups excluding carboxylic acids is 1. The quantitative estimate of drug-likeness (QED) is 0.489. The molecule has 3 rings (SSSR count). The Balaban J connectivity index is 1.85. The van der Waals surface area contributed by atoms with Crippen LogP contribution in [0, 0.1) is 4.84 Å². The van der Waals surface area contributed by atoms with Crippen molar-refractivity contribution >= 4 is 18.0 Å². The molecule has 0 N–H and O–H groups in total. The lowest BCUT2D eigenvalue weighted by atomic mass is 10.1. The number of Topliss-reactive ketones (excluding diaryl/α,β-unsaturated/α-hetero) is 1. The Morgan fingerprint density at radius 3 is 2.56 bits per heavy atom. The fraction of sp³-hybridized carbons (Fsp3) is 0.222. The zero-order valence-corrected chi connectivity index (χ0v) is 14.7. The predicted octanol–water partition coefficient (Wildman–Crippen LogP) is 4.11. The van der Waals surface area contributed by atoms with E-state index in [2.05, 4.69) is 10.1 Å². The summed E-state index contributed by atoms with van der Waals surface area (Å²) in [6.45, 7) is 4.23. The van der Waals surface area contributed by atoms with Gasteiger partial charge in [0.2, 0.25) is 5.89 Å². The van der Waals surface area contributed by atoms with Crippen molar-refractivity contribution in [2.75, 3.05) is 6.61 Å². The van der Waals surface area contributed by atoms with Crippen molar-refractivity contribution in [2.24, 2.45) is 0 Å². The topological polar surface area (TPSA) is 70.2 Å². The first kappa shape index (κ1) is 17.0. The number of pyridine rings is 1. The highest BCUT2D eigenvalue weighted by Crippen LogP contribution is 2.22. The van der Waals surface area contributed by atoms with Crippen molar-refractivity contribution in [3.8, 4) is 17.2 Å². The van der Waals surface area contributed by atoms with E-state index in [1.165, 1.54) is 4.68 Å². The van der Waals surface area contributed by atoms with Crippen LogP contribution in [0.15, 0.2) is 53.2 Å². The summed E-state index contributed by atoms with van der Waals surface area (Å²) in [5.74, 6) is 0.984. The molecule has 7 heteroatoms. The molecule has 1 aromatic carbocycles. The van der Waals surface area contributed by atoms with Crippen LogP contribution in [0.5, 0.6) is 5.75 Å². The van der Waals surface area contributed by atoms with Gasteiger partial charge in [-0.3, -0.25) is 9.78 Å². The van der Waals surface area contributed by atoms with E-state index in [1.54, 1.807) is 55.7 Å². The number of hydrogen-bond acceptors (Lipinski definition) is 6. The number of ether oxygens (including phenoxy) is 1. The molecule has 0 amide bonds. The summed E-state index contributed by atoms with van der Waals surface area (Å²) >= 11 is 5.22. The zero-order valence-electron chi connectivity index (χ0n) is 13.9. The first-order valence-electron chi connectivity index (χ1n) is 7.87. The van der Waals surface area contributed by atoms with Crippen molar-refractivity contribution < 1.29 is 13.9 Å². The fourth-order valence-corrected chi connectivity index (χ4v) is 2.66. The largest absolute Gasteiger partial charge is 0.494 e. The molecule has 0 aliphatic rings. The standard InChI is InChI=1S/C18H17N3O3S/c1-3-23-15-6-4-13(5-7-15)16(22)12(2)21-18(25)24-17(20-21)14-8-10-19-11-9-14/h4-12H,3H2,1-2H3/t12-/m1/s1. The van der Waals surface area contributed by atoms with E-state index in [-0.39, 0.29) is 10.6 Å². The summed E-state index contributed by atoms with van der Waals surface area (Å²) in [6.07, 6.45) is 3.28. The van der Waals surface area contributed by atoms with Gasteiger partial charge < -0.3 is 9.15 Å². The van der Waals surface area contributed by atoms with E-state index in [4.69, 9.17) is 21.4 Å². The van der Waals surface area contributed by atoms with Gasteiger partial charge in [0, 0.05) is 23.5 Å². The lowest BCUT2D eigenvalue weighted by molar-refractivity contribution is 0.0925. The maximum atomic E-state index is 12.7. The molecular weight excluding hydrogens is 338 g/mol. The molecule has 0 saturated carbocycles. The normalized spacial score (nSPS) is 11.9. The van der Waals surface area contributed by atoms with Gasteiger partial charge in [0.1, 0.15) is 11.8 Å². The Kier molecular flexibility index (Phi) is 5.04. The van der Waals surface area contributed by atoms with Gasteiger partial charge in [-0.25, -0.2) is 4.68 Å². The smallest absolute Gasteiger partial charge is 0.287 e. The lowest BCUT2D eigenvalue weighted by Crippen LogP contribution is -2.18. The summed E-state index contributed by atoms with van der Waals surface area (Å²) in [5, 5.41) is 4.35. The van der Waals surface area contributed by atoms with Gasteiger partial charge in [0.05, 0.1) is 6.61 Å². The Hall–Kier alpha value is -2.80. The molecule has 0 bridgehead atoms. The van der Waals surface area contributed by atoms with Gasteiger partial charge in [0.15, 0.2) is 5.78 Å². The lowest BCUT2D eigenvalue weighted by Gasteiger charge is -2.10. The third-order valence-electron chi connectivity index (χ3n) is 3.69. The van der Waals surface area contributed by atoms with Gasteiger partial charge in [-0.1, -0.05) is 0 Å². The van der Waals surface area contributed by atoms with Gasteiger partial charge >= 0.3 is 0 Å². The zero-order chi connectivity index (χ0) is 17.8. The van der Waals surface area contributed by atoms with Crippen molar-refractivity contribution in [1.29, 1.82) is 0 Å². The molecule has 128 valence electrons. The van der Waals surface area contributed by atoms with E-state index in [1.807, 2.05) is 6.92 Å². The van der Waals surface area contributed by atoms with Crippen LogP contribution in [-0.4, -0.2) is 27.2 Å². The Bertz CT molecular complexity index is 917. The van der Waals surface area contributed by atoms with Crippen molar-refractivity contribution in [3.05, 3.63) is 59.2 Å². The highest BCUT2D eigenvalue weighted by molar-refractivity contribution is 7.71. The number of ketones is 1. The molecular formula is C18H17N3O3S. The summed E-state index contributed by atoms with van der Waals surface area (Å²) in [7, 11) is 0. The van der Waals surface area contributed by atoms with Gasteiger partial charge in [0.25, 0.3) is 4.84 Å². The minimum Gasteiger partial charge on any atom is -0.494 e. The first-order valence-corrected chi connectivity index (χ1v) is 8.28. The molecule has 0 saturated heterocycles. The number of aromatic nitrogens is 3. The molecule has 6 nitrogen and oxygen atoms in total. The van der Waals surface area contributed by atoms with E-state index in [9.17, 15) is 4.79 Å². The van der Waals surface area contributed by atoms with Crippen LogP contribution in [0.4, 0.5) is 0 Å². The van der Waals surface area contributed by atoms with Crippen molar-refractivity contribution in [3.63, 3.8) is 0 Å². The van der Waals surface area contributed by atoms with Crippen LogP contribution in [0.25, 0.3) is 11.5 Å². The number of rotatable bonds is 6. The molecule has 0 spiro atoms. The second kappa shape index (κ2) is 7.40. The maximum absolute atomic E-state index is 12.7. The third kappa shape index (κ3) is 3.66. The molecule has 2 aromatic heterocycles. The highest BCUT2D eigenvalue weighted by Gasteiger charge is 2.21. The summed E-state index contributed by atoms with van der Waals surface area (Å²) in [6, 6.07) is 9.97. The number of nitrogens with zero attached hydrogens (tertiary/aromatic N) is 3. The number of hydrogen-bond donors (Lipinski definition) is 0. The van der Waals surface area contributed by atoms with Crippen LogP contribution in [0.1, 0.15) is 30.2 Å². The van der Waals surface area contributed by atoms with E-state index in [0.717, 1.165) is 11.3 Å². The van der Waals surface area contributed by atoms with Crippen LogP contribution in [-0.2, 0) is 0 Å². The Labute approximate surface area is 150 Å². The van der Waals surface area contributed by atoms with Crippen LogP contribution in [0.2, 0.25) is 0 Å². The molecule has 3 aromatic rings. The average molecular weight is 355 g/mol. The molecule has 0 aliphatic carbocycles. The fourth-order valence-electron chi connectivity index (χ4n) is 2.38. The number of benzene rings is 1. The van der Waals surface area contributed by atoms with Gasteiger partial charge in [-0.05, 0) is 62.5 Å². The molecule has 0 fully saturated rings. The van der Waals surface area contributed by atoms with E-state index in [0.29, 0.717) is 18.1 Å². The minimum absolute atomic E-state index is 0.103. The maximum Gasteiger partial charge on any atom is 0.287 e. The summed E-state index contributed by atoms with van der Waals surface area (Å²) < 4.78 is 12.3. The predicted molar refractivity (Wildman–Crippen MR) is 95.2 cm³/mol. The van der Waals surface area contributed by atoms with Crippen molar-refractivity contribution in [1.82, 2.24) is 14.8 Å². The van der Waals surface area contributed by atoms with Crippen LogP contribution in [0.3, 0.4) is 0 Å². The second-order valence-electron chi connectivity index (χ2n) is 5.35. The average Bonchev–Trinajstić information content (AvgIpc) is 3.04. The van der Waals surface area contributed by atoms with Gasteiger partial charge in [-0.2, -0.15) is 0 Å². The molecule has 2 heterocycles.